The molecule has 0 saturated carbocycles. The van der Waals surface area contributed by atoms with Gasteiger partial charge in [-0.1, -0.05) is 16.7 Å². The van der Waals surface area contributed by atoms with Gasteiger partial charge < -0.3 is 30.2 Å². The summed E-state index contributed by atoms with van der Waals surface area (Å²) in [5.74, 6) is -6.32. The zero-order chi connectivity index (χ0) is 45.4. The average molecular weight is 909 g/mol. The molecule has 344 valence electrons. The van der Waals surface area contributed by atoms with E-state index < -0.39 is 71.5 Å². The first-order chi connectivity index (χ1) is 28.2. The van der Waals surface area contributed by atoms with Crippen LogP contribution in [0.25, 0.3) is 0 Å². The van der Waals surface area contributed by atoms with Gasteiger partial charge in [0.25, 0.3) is 17.7 Å². The fourth-order valence-electron chi connectivity index (χ4n) is 5.46. The van der Waals surface area contributed by atoms with Crippen molar-refractivity contribution in [2.24, 2.45) is 0 Å². The third kappa shape index (κ3) is 24.6. The van der Waals surface area contributed by atoms with Crippen molar-refractivity contribution in [3.63, 3.8) is 0 Å². The Hall–Kier alpha value is -5.15. The maximum absolute atomic E-state index is 12.8. The van der Waals surface area contributed by atoms with Gasteiger partial charge in [0.05, 0.1) is 19.8 Å². The molecule has 1 heterocycles. The van der Waals surface area contributed by atoms with Crippen LogP contribution < -0.4 is 16.0 Å². The van der Waals surface area contributed by atoms with Crippen molar-refractivity contribution in [2.75, 3.05) is 39.5 Å². The summed E-state index contributed by atoms with van der Waals surface area (Å²) in [6, 6.07) is -3.33. The third-order valence-corrected chi connectivity index (χ3v) is 8.67. The molecule has 1 aliphatic rings. The van der Waals surface area contributed by atoms with E-state index in [0.29, 0.717) is 31.9 Å². The SMILES string of the molecule is CC(=O)NC1CCCN(O)C(=O)/C=C(/C)CCOC(=O)C(NC(C)=O)CCCN(O)C(=O)/C=C(\C)CCOC(=O)C(NC(C)=O)CCCN(O)C(=O)C=C(C)CCOC1=O.[Fe]. The van der Waals surface area contributed by atoms with Crippen LogP contribution in [0.3, 0.4) is 0 Å². The molecular weight excluding hydrogens is 848 g/mol. The normalized spacial score (nSPS) is 23.6. The van der Waals surface area contributed by atoms with Crippen LogP contribution in [0.4, 0.5) is 0 Å². The fraction of sp³-hybridized carbons (Fsp3) is 0.615. The predicted molar refractivity (Wildman–Crippen MR) is 209 cm³/mol. The monoisotopic (exact) mass is 908 g/mol. The number of hydroxylamine groups is 6. The van der Waals surface area contributed by atoms with E-state index in [0.717, 1.165) is 18.2 Å². The van der Waals surface area contributed by atoms with Crippen molar-refractivity contribution >= 4 is 53.4 Å². The number of rotatable bonds is 3. The Bertz CT molecular complexity index is 1450. The van der Waals surface area contributed by atoms with Gasteiger partial charge in [0.1, 0.15) is 18.1 Å². The Morgan fingerprint density at radius 2 is 0.738 bits per heavy atom. The minimum absolute atomic E-state index is 0. The molecule has 0 radical (unpaired) electrons. The molecule has 0 aromatic heterocycles. The summed E-state index contributed by atoms with van der Waals surface area (Å²) in [5.41, 5.74) is 1.32. The number of hydrogen-bond donors (Lipinski definition) is 6. The van der Waals surface area contributed by atoms with E-state index in [1.165, 1.54) is 20.8 Å². The van der Waals surface area contributed by atoms with Crippen LogP contribution in [0.2, 0.25) is 0 Å². The molecule has 3 unspecified atom stereocenters. The Morgan fingerprint density at radius 3 is 0.951 bits per heavy atom. The maximum atomic E-state index is 12.8. The van der Waals surface area contributed by atoms with Crippen molar-refractivity contribution in [3.8, 4) is 0 Å². The molecule has 3 atom stereocenters. The summed E-state index contributed by atoms with van der Waals surface area (Å²) in [4.78, 5) is 111. The van der Waals surface area contributed by atoms with E-state index in [1.807, 2.05) is 0 Å². The molecule has 21 nitrogen and oxygen atoms in total. The first kappa shape index (κ1) is 55.8. The van der Waals surface area contributed by atoms with Crippen LogP contribution in [0.1, 0.15) is 99.3 Å². The molecule has 6 N–H and O–H groups in total. The van der Waals surface area contributed by atoms with Crippen LogP contribution in [-0.4, -0.2) is 142 Å². The average Bonchev–Trinajstić information content (AvgIpc) is 3.15. The molecule has 0 spiro atoms. The van der Waals surface area contributed by atoms with Gasteiger partial charge in [-0.15, -0.1) is 0 Å². The quantitative estimate of drug-likeness (QED) is 0.100. The number of nitrogens with one attached hydrogen (secondary N) is 3. The van der Waals surface area contributed by atoms with E-state index in [1.54, 1.807) is 20.8 Å². The van der Waals surface area contributed by atoms with E-state index >= 15 is 0 Å². The molecular formula is C39H60FeN6O15. The molecule has 6 amide bonds. The van der Waals surface area contributed by atoms with Crippen LogP contribution in [0.15, 0.2) is 34.9 Å². The standard InChI is InChI=1S/C39H60N6O15.Fe/c1-25-13-19-58-37(52)31(40-28(4)46)11-8-17-44(56)35(50)23-27(3)15-21-60-39(54)33(42-30(6)48)12-9-18-45(57)36(51)24-26(2)14-20-59-38(53)32(41-29(5)47)10-7-16-43(55)34(49)22-25;/h22-24,31-33,55-57H,7-21H2,1-6H3,(H,40,46)(H,41,47)(H,42,48);/b25-22-,26-24?,27-23+;. The topological polar surface area (TPSA) is 288 Å². The van der Waals surface area contributed by atoms with Gasteiger partial charge in [-0.05, 0) is 59.3 Å². The molecule has 1 aliphatic heterocycles. The van der Waals surface area contributed by atoms with Crippen molar-refractivity contribution in [1.29, 1.82) is 0 Å². The summed E-state index contributed by atoms with van der Waals surface area (Å²) in [7, 11) is 0. The Morgan fingerprint density at radius 1 is 0.508 bits per heavy atom. The van der Waals surface area contributed by atoms with Crippen LogP contribution in [0.5, 0.6) is 0 Å². The van der Waals surface area contributed by atoms with Gasteiger partial charge in [-0.25, -0.2) is 29.6 Å². The van der Waals surface area contributed by atoms with Gasteiger partial charge in [0, 0.05) is 95.0 Å². The first-order valence-electron chi connectivity index (χ1n) is 19.5. The van der Waals surface area contributed by atoms with E-state index in [2.05, 4.69) is 16.0 Å². The van der Waals surface area contributed by atoms with Gasteiger partial charge in [-0.3, -0.25) is 44.4 Å². The molecule has 0 fully saturated rings. The Balaban J connectivity index is 0.0000360. The minimum Gasteiger partial charge on any atom is -0.464 e. The van der Waals surface area contributed by atoms with Gasteiger partial charge >= 0.3 is 17.9 Å². The molecule has 61 heavy (non-hydrogen) atoms. The van der Waals surface area contributed by atoms with E-state index in [4.69, 9.17) is 14.2 Å². The number of esters is 3. The number of carbonyl (C=O) groups is 9. The second kappa shape index (κ2) is 30.0. The zero-order valence-corrected chi connectivity index (χ0v) is 36.6. The molecule has 0 saturated heterocycles. The van der Waals surface area contributed by atoms with Crippen molar-refractivity contribution in [2.45, 2.75) is 117 Å². The van der Waals surface area contributed by atoms with Crippen LogP contribution in [-0.2, 0) is 74.4 Å². The zero-order valence-electron chi connectivity index (χ0n) is 35.5. The van der Waals surface area contributed by atoms with Crippen LogP contribution >= 0.6 is 0 Å². The number of ether oxygens (including phenoxy) is 3. The summed E-state index contributed by atoms with van der Waals surface area (Å²) in [6.07, 6.45) is 3.86. The number of cyclic esters (lactones) is 3. The van der Waals surface area contributed by atoms with Gasteiger partial charge in [-0.2, -0.15) is 0 Å². The summed E-state index contributed by atoms with van der Waals surface area (Å²) < 4.78 is 15.9. The largest absolute Gasteiger partial charge is 0.464 e. The van der Waals surface area contributed by atoms with E-state index in [9.17, 15) is 58.8 Å². The van der Waals surface area contributed by atoms with Crippen LogP contribution in [0, 0.1) is 0 Å². The molecule has 22 heteroatoms. The summed E-state index contributed by atoms with van der Waals surface area (Å²) >= 11 is 0. The van der Waals surface area contributed by atoms with Gasteiger partial charge in [0.2, 0.25) is 17.7 Å². The number of amides is 6. The number of carbonyl (C=O) groups excluding carboxylic acids is 9. The Labute approximate surface area is 365 Å². The van der Waals surface area contributed by atoms with Crippen molar-refractivity contribution in [1.82, 2.24) is 31.1 Å². The predicted octanol–water partition coefficient (Wildman–Crippen LogP) is 1.14. The summed E-state index contributed by atoms with van der Waals surface area (Å²) in [6.45, 7) is 7.11. The first-order valence-corrected chi connectivity index (χ1v) is 19.5. The minimum atomic E-state index is -1.11. The van der Waals surface area contributed by atoms with Gasteiger partial charge in [0.15, 0.2) is 0 Å². The number of nitrogens with zero attached hydrogens (tertiary/aromatic N) is 3. The number of hydrogen-bond acceptors (Lipinski definition) is 15. The molecule has 0 aliphatic carbocycles. The third-order valence-electron chi connectivity index (χ3n) is 8.67. The molecule has 0 aromatic rings. The Kier molecular flexibility index (Phi) is 27.4. The second-order valence-corrected chi connectivity index (χ2v) is 14.3. The fourth-order valence-corrected chi connectivity index (χ4v) is 5.46. The maximum Gasteiger partial charge on any atom is 0.328 e. The van der Waals surface area contributed by atoms with Crippen molar-refractivity contribution in [3.05, 3.63) is 34.9 Å². The second-order valence-electron chi connectivity index (χ2n) is 14.3. The smallest absolute Gasteiger partial charge is 0.328 e. The molecule has 0 aromatic carbocycles. The van der Waals surface area contributed by atoms with E-state index in [-0.39, 0.29) is 114 Å². The summed E-state index contributed by atoms with van der Waals surface area (Å²) in [5, 5.41) is 39.6. The molecule has 1 rings (SSSR count). The molecule has 0 bridgehead atoms. The van der Waals surface area contributed by atoms with Crippen molar-refractivity contribution < 1.29 is 90.1 Å².